The number of rotatable bonds is 5. The van der Waals surface area contributed by atoms with E-state index in [-0.39, 0.29) is 17.9 Å². The van der Waals surface area contributed by atoms with E-state index in [9.17, 15) is 4.39 Å². The van der Waals surface area contributed by atoms with E-state index in [1.807, 2.05) is 12.1 Å². The first-order chi connectivity index (χ1) is 13.0. The molecule has 1 aliphatic heterocycles. The number of nitrogens with zero attached hydrogens (tertiary/aromatic N) is 1. The van der Waals surface area contributed by atoms with Crippen LogP contribution in [0, 0.1) is 12.7 Å². The van der Waals surface area contributed by atoms with Gasteiger partial charge in [0, 0.05) is 24.8 Å². The molecule has 1 aliphatic rings. The van der Waals surface area contributed by atoms with Crippen LogP contribution in [0.5, 0.6) is 0 Å². The lowest BCUT2D eigenvalue weighted by molar-refractivity contribution is 0.0102. The minimum atomic E-state index is -0.244. The smallest absolute Gasteiger partial charge is 0.171 e. The number of ether oxygens (including phenoxy) is 1. The van der Waals surface area contributed by atoms with Gasteiger partial charge in [0.1, 0.15) is 5.82 Å². The third-order valence-electron chi connectivity index (χ3n) is 4.84. The molecule has 0 radical (unpaired) electrons. The molecular weight excluding hydrogens is 361 g/mol. The molecule has 2 atom stereocenters. The Morgan fingerprint density at radius 1 is 1.15 bits per heavy atom. The first-order valence-corrected chi connectivity index (χ1v) is 9.66. The zero-order valence-electron chi connectivity index (χ0n) is 15.7. The third-order valence-corrected chi connectivity index (χ3v) is 5.06. The molecule has 0 aromatic heterocycles. The molecule has 1 heterocycles. The highest BCUT2D eigenvalue weighted by Crippen LogP contribution is 2.25. The van der Waals surface area contributed by atoms with E-state index in [0.717, 1.165) is 26.3 Å². The summed E-state index contributed by atoms with van der Waals surface area (Å²) in [7, 11) is 0. The van der Waals surface area contributed by atoms with Gasteiger partial charge in [0.15, 0.2) is 5.11 Å². The van der Waals surface area contributed by atoms with Crippen molar-refractivity contribution in [2.75, 3.05) is 31.6 Å². The van der Waals surface area contributed by atoms with E-state index in [2.05, 4.69) is 46.7 Å². The first kappa shape index (κ1) is 19.7. The van der Waals surface area contributed by atoms with Crippen molar-refractivity contribution in [3.05, 3.63) is 65.5 Å². The van der Waals surface area contributed by atoms with Crippen molar-refractivity contribution < 1.29 is 9.13 Å². The maximum Gasteiger partial charge on any atom is 0.171 e. The van der Waals surface area contributed by atoms with E-state index in [4.69, 9.17) is 17.0 Å². The van der Waals surface area contributed by atoms with Crippen LogP contribution in [0.4, 0.5) is 10.1 Å². The summed E-state index contributed by atoms with van der Waals surface area (Å²) in [5.41, 5.74) is 2.50. The molecule has 2 aromatic rings. The highest BCUT2D eigenvalue weighted by molar-refractivity contribution is 7.80. The van der Waals surface area contributed by atoms with Gasteiger partial charge in [0.05, 0.1) is 19.3 Å². The first-order valence-electron chi connectivity index (χ1n) is 9.25. The van der Waals surface area contributed by atoms with Crippen LogP contribution in [0.1, 0.15) is 24.1 Å². The molecular formula is C21H26FN3OS. The Labute approximate surface area is 165 Å². The Kier molecular flexibility index (Phi) is 6.77. The fourth-order valence-corrected chi connectivity index (χ4v) is 3.75. The van der Waals surface area contributed by atoms with Gasteiger partial charge >= 0.3 is 0 Å². The summed E-state index contributed by atoms with van der Waals surface area (Å²) in [6.07, 6.45) is 0. The number of hydrogen-bond acceptors (Lipinski definition) is 3. The van der Waals surface area contributed by atoms with Crippen LogP contribution in [0.25, 0.3) is 0 Å². The monoisotopic (exact) mass is 387 g/mol. The van der Waals surface area contributed by atoms with Crippen molar-refractivity contribution in [2.45, 2.75) is 25.9 Å². The maximum absolute atomic E-state index is 13.8. The molecule has 0 bridgehead atoms. The number of benzene rings is 2. The van der Waals surface area contributed by atoms with E-state index >= 15 is 0 Å². The van der Waals surface area contributed by atoms with Gasteiger partial charge in [-0.1, -0.05) is 36.4 Å². The van der Waals surface area contributed by atoms with Gasteiger partial charge in [0.2, 0.25) is 0 Å². The Bertz CT molecular complexity index is 765. The predicted octanol–water partition coefficient (Wildman–Crippen LogP) is 3.88. The van der Waals surface area contributed by atoms with Crippen LogP contribution in [0.3, 0.4) is 0 Å². The molecule has 6 heteroatoms. The van der Waals surface area contributed by atoms with Gasteiger partial charge < -0.3 is 15.4 Å². The number of thiocarbonyl (C=S) groups is 1. The molecule has 0 amide bonds. The van der Waals surface area contributed by atoms with Gasteiger partial charge in [0.25, 0.3) is 0 Å². The number of aryl methyl sites for hydroxylation is 1. The van der Waals surface area contributed by atoms with E-state index in [1.54, 1.807) is 13.0 Å². The van der Waals surface area contributed by atoms with Gasteiger partial charge in [-0.15, -0.1) is 0 Å². The van der Waals surface area contributed by atoms with Crippen LogP contribution < -0.4 is 10.6 Å². The molecule has 0 spiro atoms. The van der Waals surface area contributed by atoms with Crippen LogP contribution in [0.2, 0.25) is 0 Å². The molecule has 0 aliphatic carbocycles. The van der Waals surface area contributed by atoms with Crippen molar-refractivity contribution in [1.29, 1.82) is 0 Å². The number of anilines is 1. The largest absolute Gasteiger partial charge is 0.379 e. The molecule has 1 fully saturated rings. The highest BCUT2D eigenvalue weighted by Gasteiger charge is 2.28. The summed E-state index contributed by atoms with van der Waals surface area (Å²) in [5, 5.41) is 6.95. The maximum atomic E-state index is 13.8. The summed E-state index contributed by atoms with van der Waals surface area (Å²) in [6, 6.07) is 15.7. The van der Waals surface area contributed by atoms with Crippen LogP contribution >= 0.6 is 12.2 Å². The minimum absolute atomic E-state index is 0.0702. The van der Waals surface area contributed by atoms with Gasteiger partial charge in [-0.25, -0.2) is 4.39 Å². The lowest BCUT2D eigenvalue weighted by Crippen LogP contribution is -2.49. The molecule has 27 heavy (non-hydrogen) atoms. The van der Waals surface area contributed by atoms with Gasteiger partial charge in [-0.05, 0) is 49.3 Å². The average Bonchev–Trinajstić information content (AvgIpc) is 2.66. The Morgan fingerprint density at radius 2 is 1.85 bits per heavy atom. The van der Waals surface area contributed by atoms with Crippen molar-refractivity contribution in [2.24, 2.45) is 0 Å². The molecule has 2 N–H and O–H groups in total. The van der Waals surface area contributed by atoms with Crippen LogP contribution in [-0.2, 0) is 4.74 Å². The van der Waals surface area contributed by atoms with Crippen molar-refractivity contribution >= 4 is 23.0 Å². The molecule has 0 unspecified atom stereocenters. The Hall–Kier alpha value is -2.02. The minimum Gasteiger partial charge on any atom is -0.379 e. The van der Waals surface area contributed by atoms with Crippen molar-refractivity contribution in [1.82, 2.24) is 10.2 Å². The molecule has 4 nitrogen and oxygen atoms in total. The number of halogens is 1. The Morgan fingerprint density at radius 3 is 2.52 bits per heavy atom. The molecule has 0 saturated carbocycles. The second kappa shape index (κ2) is 9.26. The van der Waals surface area contributed by atoms with Crippen molar-refractivity contribution in [3.8, 4) is 0 Å². The van der Waals surface area contributed by atoms with E-state index in [1.165, 1.54) is 11.6 Å². The second-order valence-corrected chi connectivity index (χ2v) is 7.26. The highest BCUT2D eigenvalue weighted by atomic mass is 32.1. The summed E-state index contributed by atoms with van der Waals surface area (Å²) in [4.78, 5) is 2.42. The quantitative estimate of drug-likeness (QED) is 0.762. The van der Waals surface area contributed by atoms with Gasteiger partial charge in [-0.2, -0.15) is 0 Å². The summed E-state index contributed by atoms with van der Waals surface area (Å²) >= 11 is 5.47. The number of nitrogens with one attached hydrogen (secondary N) is 2. The van der Waals surface area contributed by atoms with Crippen LogP contribution in [0.15, 0.2) is 48.5 Å². The topological polar surface area (TPSA) is 36.5 Å². The molecule has 3 rings (SSSR count). The lowest BCUT2D eigenvalue weighted by Gasteiger charge is -2.38. The summed E-state index contributed by atoms with van der Waals surface area (Å²) in [6.45, 7) is 7.11. The zero-order chi connectivity index (χ0) is 19.2. The lowest BCUT2D eigenvalue weighted by atomic mass is 9.98. The second-order valence-electron chi connectivity index (χ2n) is 6.85. The fraction of sp³-hybridized carbons (Fsp3) is 0.381. The number of hydrogen-bond donors (Lipinski definition) is 2. The SMILES string of the molecule is Cc1ccc(NC(=S)N[C@@H](C)[C@@H](c2ccccc2)N2CCOCC2)cc1F. The Balaban J connectivity index is 1.70. The summed E-state index contributed by atoms with van der Waals surface area (Å²) in [5.74, 6) is -0.244. The normalized spacial score (nSPS) is 17.1. The molecule has 2 aromatic carbocycles. The standard InChI is InChI=1S/C21H26FN3OS/c1-15-8-9-18(14-19(15)22)24-21(27)23-16(2)20(17-6-4-3-5-7-17)25-10-12-26-13-11-25/h3-9,14,16,20H,10-13H2,1-2H3,(H2,23,24,27)/t16-,20-/m0/s1. The van der Waals surface area contributed by atoms with E-state index in [0.29, 0.717) is 16.4 Å². The number of morpholine rings is 1. The predicted molar refractivity (Wildman–Crippen MR) is 112 cm³/mol. The third kappa shape index (κ3) is 5.25. The zero-order valence-corrected chi connectivity index (χ0v) is 16.6. The van der Waals surface area contributed by atoms with Crippen LogP contribution in [-0.4, -0.2) is 42.4 Å². The van der Waals surface area contributed by atoms with E-state index < -0.39 is 0 Å². The van der Waals surface area contributed by atoms with Crippen molar-refractivity contribution in [3.63, 3.8) is 0 Å². The average molecular weight is 388 g/mol. The molecule has 144 valence electrons. The summed E-state index contributed by atoms with van der Waals surface area (Å²) < 4.78 is 19.3. The fourth-order valence-electron chi connectivity index (χ4n) is 3.45. The van der Waals surface area contributed by atoms with Gasteiger partial charge in [-0.3, -0.25) is 4.90 Å². The molecule has 1 saturated heterocycles.